The van der Waals surface area contributed by atoms with Crippen LogP contribution < -0.4 is 0 Å². The minimum atomic E-state index is -0.0684. The molecule has 1 aromatic carbocycles. The maximum atomic E-state index is 4.87. The molecule has 4 rings (SSSR count). The van der Waals surface area contributed by atoms with Crippen molar-refractivity contribution in [1.29, 1.82) is 0 Å². The van der Waals surface area contributed by atoms with Gasteiger partial charge in [-0.1, -0.05) is 58.4 Å². The van der Waals surface area contributed by atoms with Gasteiger partial charge in [0, 0.05) is 35.7 Å². The minimum absolute atomic E-state index is 0.0684. The molecule has 8 heteroatoms. The van der Waals surface area contributed by atoms with Crippen LogP contribution in [0.3, 0.4) is 0 Å². The summed E-state index contributed by atoms with van der Waals surface area (Å²) < 4.78 is 2.08. The number of aryl methyl sites for hydroxylation is 1. The zero-order valence-electron chi connectivity index (χ0n) is 18.5. The van der Waals surface area contributed by atoms with Crippen molar-refractivity contribution >= 4 is 0 Å². The fourth-order valence-corrected chi connectivity index (χ4v) is 3.37. The molecule has 0 radical (unpaired) electrons. The molecule has 0 saturated carbocycles. The number of H-pyrrole nitrogens is 1. The molecular formula is C23H28N8. The van der Waals surface area contributed by atoms with Gasteiger partial charge in [-0.05, 0) is 34.5 Å². The first-order valence-electron chi connectivity index (χ1n) is 10.7. The molecule has 0 aliphatic rings. The summed E-state index contributed by atoms with van der Waals surface area (Å²) in [6, 6.07) is 12.3. The molecule has 0 atom stereocenters. The van der Waals surface area contributed by atoms with E-state index < -0.39 is 0 Å². The van der Waals surface area contributed by atoms with Gasteiger partial charge in [0.1, 0.15) is 5.82 Å². The molecule has 0 bridgehead atoms. The number of hydrogen-bond acceptors (Lipinski definition) is 6. The van der Waals surface area contributed by atoms with Gasteiger partial charge >= 0.3 is 0 Å². The van der Waals surface area contributed by atoms with Gasteiger partial charge in [0.2, 0.25) is 0 Å². The van der Waals surface area contributed by atoms with Gasteiger partial charge in [-0.3, -0.25) is 4.98 Å². The highest BCUT2D eigenvalue weighted by molar-refractivity contribution is 5.76. The first kappa shape index (κ1) is 20.8. The van der Waals surface area contributed by atoms with Crippen LogP contribution in [0.1, 0.15) is 57.7 Å². The topological polar surface area (TPSA) is 98.1 Å². The molecule has 8 nitrogen and oxygen atoms in total. The summed E-state index contributed by atoms with van der Waals surface area (Å²) in [5.41, 5.74) is 3.84. The Hall–Kier alpha value is -3.42. The fraction of sp³-hybridized carbons (Fsp3) is 0.391. The van der Waals surface area contributed by atoms with Gasteiger partial charge in [0.15, 0.2) is 11.6 Å². The van der Waals surface area contributed by atoms with Crippen LogP contribution in [-0.4, -0.2) is 40.4 Å². The second-order valence-corrected chi connectivity index (χ2v) is 8.70. The summed E-state index contributed by atoms with van der Waals surface area (Å²) in [7, 11) is 0. The zero-order valence-corrected chi connectivity index (χ0v) is 18.5. The second kappa shape index (κ2) is 8.75. The molecule has 3 heterocycles. The molecular weight excluding hydrogens is 388 g/mol. The second-order valence-electron chi connectivity index (χ2n) is 8.70. The van der Waals surface area contributed by atoms with Crippen LogP contribution in [0.15, 0.2) is 42.6 Å². The third-order valence-corrected chi connectivity index (χ3v) is 5.14. The predicted octanol–water partition coefficient (Wildman–Crippen LogP) is 4.21. The first-order chi connectivity index (χ1) is 15.0. The van der Waals surface area contributed by atoms with Crippen molar-refractivity contribution < 1.29 is 0 Å². The Morgan fingerprint density at radius 3 is 2.55 bits per heavy atom. The number of nitrogens with zero attached hydrogens (tertiary/aromatic N) is 7. The zero-order chi connectivity index (χ0) is 21.8. The number of unbranched alkanes of at least 4 members (excludes halogenated alkanes) is 1. The maximum absolute atomic E-state index is 4.87. The molecule has 0 aliphatic heterocycles. The molecule has 160 valence electrons. The highest BCUT2D eigenvalue weighted by Crippen LogP contribution is 2.28. The summed E-state index contributed by atoms with van der Waals surface area (Å²) in [4.78, 5) is 9.43. The van der Waals surface area contributed by atoms with Gasteiger partial charge in [-0.15, -0.1) is 5.10 Å². The van der Waals surface area contributed by atoms with E-state index in [2.05, 4.69) is 82.3 Å². The molecule has 3 aromatic heterocycles. The summed E-state index contributed by atoms with van der Waals surface area (Å²) in [6.45, 7) is 9.55. The van der Waals surface area contributed by atoms with Crippen molar-refractivity contribution in [2.45, 2.75) is 58.9 Å². The van der Waals surface area contributed by atoms with Crippen LogP contribution >= 0.6 is 0 Å². The van der Waals surface area contributed by atoms with Crippen molar-refractivity contribution in [3.05, 3.63) is 59.8 Å². The summed E-state index contributed by atoms with van der Waals surface area (Å²) in [5.74, 6) is 2.51. The molecule has 0 amide bonds. The fourth-order valence-electron chi connectivity index (χ4n) is 3.37. The Balaban J connectivity index is 1.60. The summed E-state index contributed by atoms with van der Waals surface area (Å²) >= 11 is 0. The van der Waals surface area contributed by atoms with E-state index in [1.54, 1.807) is 6.20 Å². The highest BCUT2D eigenvalue weighted by atomic mass is 15.5. The normalized spacial score (nSPS) is 11.7. The minimum Gasteiger partial charge on any atom is -0.255 e. The molecule has 0 unspecified atom stereocenters. The number of tetrazole rings is 1. The monoisotopic (exact) mass is 416 g/mol. The van der Waals surface area contributed by atoms with Gasteiger partial charge in [-0.2, -0.15) is 5.10 Å². The number of hydrogen-bond donors (Lipinski definition) is 1. The SMILES string of the molecule is CCCCn1nc(C(C)(C)C)nc1Cc1ccc(-c2ncccc2-c2nnn[nH]2)cc1. The number of aromatic amines is 1. The van der Waals surface area contributed by atoms with Gasteiger partial charge < -0.3 is 0 Å². The van der Waals surface area contributed by atoms with Crippen LogP contribution in [0, 0.1) is 0 Å². The van der Waals surface area contributed by atoms with Crippen LogP contribution in [0.2, 0.25) is 0 Å². The summed E-state index contributed by atoms with van der Waals surface area (Å²) in [5, 5.41) is 19.0. The van der Waals surface area contributed by atoms with Crippen LogP contribution in [0.25, 0.3) is 22.6 Å². The van der Waals surface area contributed by atoms with E-state index >= 15 is 0 Å². The average molecular weight is 417 g/mol. The standard InChI is InChI=1S/C23H28N8/c1-5-6-14-31-19(25-22(28-31)23(2,3)4)15-16-9-11-17(12-10-16)20-18(8-7-13-24-20)21-26-29-30-27-21/h7-13H,5-6,14-15H2,1-4H3,(H,26,27,29,30). The van der Waals surface area contributed by atoms with Crippen molar-refractivity contribution in [3.8, 4) is 22.6 Å². The number of rotatable bonds is 7. The van der Waals surface area contributed by atoms with Crippen LogP contribution in [0.4, 0.5) is 0 Å². The van der Waals surface area contributed by atoms with Gasteiger partial charge in [-0.25, -0.2) is 14.8 Å². The lowest BCUT2D eigenvalue weighted by Crippen LogP contribution is -2.14. The van der Waals surface area contributed by atoms with Crippen molar-refractivity contribution in [1.82, 2.24) is 40.4 Å². The smallest absolute Gasteiger partial charge is 0.181 e. The molecule has 1 N–H and O–H groups in total. The van der Waals surface area contributed by atoms with Gasteiger partial charge in [0.05, 0.1) is 5.69 Å². The lowest BCUT2D eigenvalue weighted by molar-refractivity contribution is 0.509. The molecule has 0 saturated heterocycles. The predicted molar refractivity (Wildman–Crippen MR) is 119 cm³/mol. The first-order valence-corrected chi connectivity index (χ1v) is 10.7. The van der Waals surface area contributed by atoms with Crippen molar-refractivity contribution in [3.63, 3.8) is 0 Å². The Kier molecular flexibility index (Phi) is 5.88. The van der Waals surface area contributed by atoms with Crippen molar-refractivity contribution in [2.24, 2.45) is 0 Å². The Morgan fingerprint density at radius 1 is 1.06 bits per heavy atom. The Labute approximate surface area is 182 Å². The third-order valence-electron chi connectivity index (χ3n) is 5.14. The largest absolute Gasteiger partial charge is 0.255 e. The molecule has 4 aromatic rings. The third kappa shape index (κ3) is 4.68. The number of pyridine rings is 1. The number of nitrogens with one attached hydrogen (secondary N) is 1. The number of benzene rings is 1. The van der Waals surface area contributed by atoms with Crippen molar-refractivity contribution in [2.75, 3.05) is 0 Å². The van der Waals surface area contributed by atoms with Crippen LogP contribution in [0.5, 0.6) is 0 Å². The Morgan fingerprint density at radius 2 is 1.87 bits per heavy atom. The van der Waals surface area contributed by atoms with E-state index in [-0.39, 0.29) is 5.41 Å². The van der Waals surface area contributed by atoms with E-state index in [1.807, 2.05) is 12.1 Å². The molecule has 31 heavy (non-hydrogen) atoms. The lowest BCUT2D eigenvalue weighted by Gasteiger charge is -2.12. The van der Waals surface area contributed by atoms with E-state index in [0.717, 1.165) is 54.3 Å². The molecule has 0 spiro atoms. The average Bonchev–Trinajstić information content (AvgIpc) is 3.43. The van der Waals surface area contributed by atoms with Gasteiger partial charge in [0.25, 0.3) is 0 Å². The number of aromatic nitrogens is 8. The van der Waals surface area contributed by atoms with E-state index in [4.69, 9.17) is 10.1 Å². The van der Waals surface area contributed by atoms with Crippen LogP contribution in [-0.2, 0) is 18.4 Å². The van der Waals surface area contributed by atoms with E-state index in [9.17, 15) is 0 Å². The highest BCUT2D eigenvalue weighted by Gasteiger charge is 2.22. The summed E-state index contributed by atoms with van der Waals surface area (Å²) in [6.07, 6.45) is 4.75. The molecule has 0 aliphatic carbocycles. The van der Waals surface area contributed by atoms with E-state index in [1.165, 1.54) is 5.56 Å². The quantitative estimate of drug-likeness (QED) is 0.485. The molecule has 0 fully saturated rings. The lowest BCUT2D eigenvalue weighted by atomic mass is 9.96. The van der Waals surface area contributed by atoms with E-state index in [0.29, 0.717) is 5.82 Å². The maximum Gasteiger partial charge on any atom is 0.181 e. The Bertz CT molecular complexity index is 1120.